The van der Waals surface area contributed by atoms with Crippen molar-refractivity contribution in [3.63, 3.8) is 0 Å². The lowest BCUT2D eigenvalue weighted by molar-refractivity contribution is 0.430. The van der Waals surface area contributed by atoms with Gasteiger partial charge in [0.05, 0.1) is 0 Å². The molecule has 2 unspecified atom stereocenters. The van der Waals surface area contributed by atoms with E-state index in [4.69, 9.17) is 16.0 Å². The van der Waals surface area contributed by atoms with Crippen molar-refractivity contribution in [2.24, 2.45) is 11.8 Å². The summed E-state index contributed by atoms with van der Waals surface area (Å²) in [6, 6.07) is 0.449. The van der Waals surface area contributed by atoms with Crippen LogP contribution in [0.4, 0.5) is 6.01 Å². The van der Waals surface area contributed by atoms with Crippen molar-refractivity contribution < 1.29 is 4.42 Å². The van der Waals surface area contributed by atoms with Crippen LogP contribution in [0.2, 0.25) is 0 Å². The third-order valence-electron chi connectivity index (χ3n) is 2.49. The first kappa shape index (κ1) is 12.3. The first-order chi connectivity index (χ1) is 7.00. The van der Waals surface area contributed by atoms with E-state index in [1.165, 1.54) is 0 Å². The van der Waals surface area contributed by atoms with Crippen LogP contribution < -0.4 is 5.32 Å². The van der Waals surface area contributed by atoms with Gasteiger partial charge in [-0.15, -0.1) is 16.7 Å². The number of hydrogen-bond acceptors (Lipinski definition) is 4. The topological polar surface area (TPSA) is 51.0 Å². The van der Waals surface area contributed by atoms with Crippen molar-refractivity contribution in [2.75, 3.05) is 11.9 Å². The number of hydrogen-bond donors (Lipinski definition) is 1. The van der Waals surface area contributed by atoms with Gasteiger partial charge in [-0.3, -0.25) is 0 Å². The summed E-state index contributed by atoms with van der Waals surface area (Å²) < 4.78 is 5.31. The van der Waals surface area contributed by atoms with Gasteiger partial charge in [0.2, 0.25) is 5.89 Å². The smallest absolute Gasteiger partial charge is 0.315 e. The van der Waals surface area contributed by atoms with Crippen LogP contribution in [-0.2, 0) is 0 Å². The number of aromatic nitrogens is 2. The standard InChI is InChI=1S/C10H18ClN3O/c1-6(2)7(3)5-12-10-14-13-9(15-10)8(4)11/h6-8H,5H2,1-4H3,(H,12,14). The minimum Gasteiger partial charge on any atom is -0.407 e. The van der Waals surface area contributed by atoms with Crippen LogP contribution in [0, 0.1) is 11.8 Å². The van der Waals surface area contributed by atoms with Crippen LogP contribution in [0.15, 0.2) is 4.42 Å². The third kappa shape index (κ3) is 3.70. The molecule has 86 valence electrons. The summed E-state index contributed by atoms with van der Waals surface area (Å²) >= 11 is 5.81. The summed E-state index contributed by atoms with van der Waals surface area (Å²) in [6.45, 7) is 9.18. The van der Waals surface area contributed by atoms with Crippen molar-refractivity contribution in [3.8, 4) is 0 Å². The molecule has 0 saturated carbocycles. The Morgan fingerprint density at radius 1 is 1.27 bits per heavy atom. The molecule has 1 heterocycles. The lowest BCUT2D eigenvalue weighted by Gasteiger charge is -2.14. The van der Waals surface area contributed by atoms with Gasteiger partial charge in [-0.25, -0.2) is 0 Å². The second kappa shape index (κ2) is 5.35. The molecule has 0 aliphatic heterocycles. The number of nitrogens with zero attached hydrogens (tertiary/aromatic N) is 2. The molecule has 0 amide bonds. The molecule has 5 heteroatoms. The molecule has 1 N–H and O–H groups in total. The fraction of sp³-hybridized carbons (Fsp3) is 0.800. The Balaban J connectivity index is 2.44. The maximum Gasteiger partial charge on any atom is 0.315 e. The number of rotatable bonds is 5. The maximum atomic E-state index is 5.81. The van der Waals surface area contributed by atoms with E-state index in [1.807, 2.05) is 0 Å². The summed E-state index contributed by atoms with van der Waals surface area (Å²) in [5, 5.41) is 10.5. The Morgan fingerprint density at radius 3 is 2.40 bits per heavy atom. The van der Waals surface area contributed by atoms with Crippen molar-refractivity contribution in [1.82, 2.24) is 10.2 Å². The summed E-state index contributed by atoms with van der Waals surface area (Å²) in [5.74, 6) is 1.65. The first-order valence-corrected chi connectivity index (χ1v) is 5.65. The van der Waals surface area contributed by atoms with E-state index < -0.39 is 0 Å². The van der Waals surface area contributed by atoms with Gasteiger partial charge in [0.25, 0.3) is 0 Å². The minimum absolute atomic E-state index is 0.240. The molecular formula is C10H18ClN3O. The molecule has 0 radical (unpaired) electrons. The molecule has 0 bridgehead atoms. The minimum atomic E-state index is -0.240. The van der Waals surface area contributed by atoms with Crippen LogP contribution >= 0.6 is 11.6 Å². The average Bonchev–Trinajstić information content (AvgIpc) is 2.62. The summed E-state index contributed by atoms with van der Waals surface area (Å²) in [6.07, 6.45) is 0. The molecule has 0 saturated heterocycles. The van der Waals surface area contributed by atoms with Crippen molar-refractivity contribution in [1.29, 1.82) is 0 Å². The lowest BCUT2D eigenvalue weighted by atomic mass is 9.98. The van der Waals surface area contributed by atoms with Crippen molar-refractivity contribution in [3.05, 3.63) is 5.89 Å². The fourth-order valence-corrected chi connectivity index (χ4v) is 1.04. The molecule has 0 aliphatic rings. The summed E-state index contributed by atoms with van der Waals surface area (Å²) in [7, 11) is 0. The SMILES string of the molecule is CC(Cl)c1nnc(NCC(C)C(C)C)o1. The van der Waals surface area contributed by atoms with Crippen LogP contribution in [-0.4, -0.2) is 16.7 Å². The van der Waals surface area contributed by atoms with Gasteiger partial charge in [0.15, 0.2) is 0 Å². The zero-order valence-electron chi connectivity index (χ0n) is 9.62. The van der Waals surface area contributed by atoms with Gasteiger partial charge in [0.1, 0.15) is 5.38 Å². The molecule has 1 rings (SSSR count). The van der Waals surface area contributed by atoms with E-state index in [0.717, 1.165) is 6.54 Å². The Hall–Kier alpha value is -0.770. The van der Waals surface area contributed by atoms with Gasteiger partial charge in [-0.05, 0) is 18.8 Å². The van der Waals surface area contributed by atoms with Crippen LogP contribution in [0.5, 0.6) is 0 Å². The molecule has 0 spiro atoms. The van der Waals surface area contributed by atoms with E-state index in [1.54, 1.807) is 6.92 Å². The predicted octanol–water partition coefficient (Wildman–Crippen LogP) is 3.07. The van der Waals surface area contributed by atoms with Gasteiger partial charge >= 0.3 is 6.01 Å². The summed E-state index contributed by atoms with van der Waals surface area (Å²) in [4.78, 5) is 0. The van der Waals surface area contributed by atoms with Crippen molar-refractivity contribution >= 4 is 17.6 Å². The van der Waals surface area contributed by atoms with Gasteiger partial charge in [0, 0.05) is 6.54 Å². The van der Waals surface area contributed by atoms with Gasteiger partial charge in [-0.2, -0.15) is 0 Å². The number of alkyl halides is 1. The van der Waals surface area contributed by atoms with E-state index >= 15 is 0 Å². The quantitative estimate of drug-likeness (QED) is 0.792. The molecule has 0 aliphatic carbocycles. The second-order valence-corrected chi connectivity index (χ2v) is 4.82. The highest BCUT2D eigenvalue weighted by Crippen LogP contribution is 2.19. The molecular weight excluding hydrogens is 214 g/mol. The second-order valence-electron chi connectivity index (χ2n) is 4.16. The lowest BCUT2D eigenvalue weighted by Crippen LogP contribution is -2.16. The fourth-order valence-electron chi connectivity index (χ4n) is 0.951. The monoisotopic (exact) mass is 231 g/mol. The molecule has 4 nitrogen and oxygen atoms in total. The zero-order chi connectivity index (χ0) is 11.4. The van der Waals surface area contributed by atoms with Crippen LogP contribution in [0.1, 0.15) is 39.0 Å². The summed E-state index contributed by atoms with van der Waals surface area (Å²) in [5.41, 5.74) is 0. The van der Waals surface area contributed by atoms with Crippen LogP contribution in [0.25, 0.3) is 0 Å². The Labute approximate surface area is 95.4 Å². The van der Waals surface area contributed by atoms with Gasteiger partial charge in [-0.1, -0.05) is 25.9 Å². The third-order valence-corrected chi connectivity index (χ3v) is 2.68. The van der Waals surface area contributed by atoms with Crippen LogP contribution in [0.3, 0.4) is 0 Å². The largest absolute Gasteiger partial charge is 0.407 e. The highest BCUT2D eigenvalue weighted by atomic mass is 35.5. The molecule has 15 heavy (non-hydrogen) atoms. The predicted molar refractivity (Wildman–Crippen MR) is 61.1 cm³/mol. The average molecular weight is 232 g/mol. The van der Waals surface area contributed by atoms with E-state index in [9.17, 15) is 0 Å². The first-order valence-electron chi connectivity index (χ1n) is 5.22. The Bertz CT molecular complexity index is 299. The molecule has 0 aromatic carbocycles. The molecule has 1 aromatic heterocycles. The maximum absolute atomic E-state index is 5.81. The molecule has 0 fully saturated rings. The highest BCUT2D eigenvalue weighted by molar-refractivity contribution is 6.20. The van der Waals surface area contributed by atoms with E-state index in [0.29, 0.717) is 23.7 Å². The Morgan fingerprint density at radius 2 is 1.93 bits per heavy atom. The zero-order valence-corrected chi connectivity index (χ0v) is 10.4. The molecule has 2 atom stereocenters. The molecule has 1 aromatic rings. The van der Waals surface area contributed by atoms with Gasteiger partial charge < -0.3 is 9.73 Å². The Kier molecular flexibility index (Phi) is 4.39. The number of anilines is 1. The number of halogens is 1. The highest BCUT2D eigenvalue weighted by Gasteiger charge is 2.12. The number of nitrogens with one attached hydrogen (secondary N) is 1. The van der Waals surface area contributed by atoms with E-state index in [-0.39, 0.29) is 5.38 Å². The normalized spacial score (nSPS) is 15.3. The van der Waals surface area contributed by atoms with E-state index in [2.05, 4.69) is 36.3 Å². The van der Waals surface area contributed by atoms with Crippen molar-refractivity contribution in [2.45, 2.75) is 33.1 Å².